The molecule has 0 bridgehead atoms. The molecule has 1 aromatic rings. The van der Waals surface area contributed by atoms with Crippen LogP contribution >= 0.6 is 15.9 Å². The molecule has 1 unspecified atom stereocenters. The highest BCUT2D eigenvalue weighted by Crippen LogP contribution is 2.43. The molecule has 1 heterocycles. The fourth-order valence-electron chi connectivity index (χ4n) is 2.89. The number of carbonyl (C=O) groups is 1. The van der Waals surface area contributed by atoms with Crippen LogP contribution in [0.4, 0.5) is 0 Å². The summed E-state index contributed by atoms with van der Waals surface area (Å²) in [6.07, 6.45) is 2.80. The highest BCUT2D eigenvalue weighted by atomic mass is 79.9. The Balaban J connectivity index is 1.64. The third-order valence-electron chi connectivity index (χ3n) is 4.02. The maximum atomic E-state index is 11.2. The van der Waals surface area contributed by atoms with E-state index in [2.05, 4.69) is 28.1 Å². The average Bonchev–Trinajstić information content (AvgIpc) is 2.84. The summed E-state index contributed by atoms with van der Waals surface area (Å²) >= 11 is 3.50. The Hall–Kier alpha value is -0.910. The molecule has 1 atom stereocenters. The van der Waals surface area contributed by atoms with Crippen LogP contribution in [0.3, 0.4) is 0 Å². The molecule has 2 fully saturated rings. The van der Waals surface area contributed by atoms with Gasteiger partial charge >= 0.3 is 0 Å². The number of amides is 1. The minimum Gasteiger partial charge on any atom is -0.367 e. The standard InChI is InChI=1S/C15H17BrNO3/c16-12-3-1-2-11(8-12)10-4-6-15(7-5-10)19-9-13(20-15)14(17)18/h1-3,8,13H,4-7,9H2,(H2,17,18). The van der Waals surface area contributed by atoms with Crippen LogP contribution in [0.25, 0.3) is 0 Å². The number of hydrogen-bond acceptors (Lipinski definition) is 3. The number of nitrogens with two attached hydrogens (primary N) is 1. The van der Waals surface area contributed by atoms with Gasteiger partial charge in [0.2, 0.25) is 5.91 Å². The lowest BCUT2D eigenvalue weighted by Crippen LogP contribution is -2.38. The van der Waals surface area contributed by atoms with Crippen molar-refractivity contribution in [2.75, 3.05) is 6.61 Å². The van der Waals surface area contributed by atoms with Gasteiger partial charge < -0.3 is 15.2 Å². The fourth-order valence-corrected chi connectivity index (χ4v) is 3.29. The van der Waals surface area contributed by atoms with Crippen molar-refractivity contribution in [2.45, 2.75) is 37.6 Å². The first kappa shape index (κ1) is 14.0. The maximum Gasteiger partial charge on any atom is 0.249 e. The SMILES string of the molecule is NC(=O)C1COC2(CC[C](c3cccc(Br)c3)CC2)O1. The molecule has 4 nitrogen and oxygen atoms in total. The van der Waals surface area contributed by atoms with Crippen molar-refractivity contribution in [1.82, 2.24) is 0 Å². The summed E-state index contributed by atoms with van der Waals surface area (Å²) in [5.41, 5.74) is 6.53. The van der Waals surface area contributed by atoms with E-state index in [1.807, 2.05) is 12.1 Å². The molecule has 1 spiro atoms. The number of primary amides is 1. The topological polar surface area (TPSA) is 61.6 Å². The van der Waals surface area contributed by atoms with Gasteiger partial charge in [-0.05, 0) is 30.5 Å². The quantitative estimate of drug-likeness (QED) is 0.901. The molecule has 1 aliphatic carbocycles. The molecule has 1 aliphatic heterocycles. The van der Waals surface area contributed by atoms with E-state index in [1.165, 1.54) is 11.5 Å². The first-order valence-corrected chi connectivity index (χ1v) is 7.59. The Labute approximate surface area is 126 Å². The molecule has 1 radical (unpaired) electrons. The summed E-state index contributed by atoms with van der Waals surface area (Å²) in [6.45, 7) is 0.279. The molecular weight excluding hydrogens is 322 g/mol. The Morgan fingerprint density at radius 1 is 1.35 bits per heavy atom. The van der Waals surface area contributed by atoms with Crippen LogP contribution in [0.5, 0.6) is 0 Å². The fraction of sp³-hybridized carbons (Fsp3) is 0.467. The molecule has 1 aromatic carbocycles. The van der Waals surface area contributed by atoms with E-state index in [1.54, 1.807) is 0 Å². The van der Waals surface area contributed by atoms with Crippen LogP contribution in [0, 0.1) is 5.92 Å². The summed E-state index contributed by atoms with van der Waals surface area (Å²) in [7, 11) is 0. The van der Waals surface area contributed by atoms with E-state index in [0.29, 0.717) is 0 Å². The van der Waals surface area contributed by atoms with Gasteiger partial charge in [0.15, 0.2) is 11.9 Å². The normalized spacial score (nSPS) is 25.9. The number of rotatable bonds is 2. The largest absolute Gasteiger partial charge is 0.367 e. The minimum atomic E-state index is -0.602. The molecule has 3 rings (SSSR count). The van der Waals surface area contributed by atoms with Gasteiger partial charge in [-0.1, -0.05) is 28.1 Å². The predicted molar refractivity (Wildman–Crippen MR) is 77.7 cm³/mol. The Morgan fingerprint density at radius 2 is 2.10 bits per heavy atom. The zero-order valence-electron chi connectivity index (χ0n) is 11.1. The Morgan fingerprint density at radius 3 is 2.70 bits per heavy atom. The molecule has 1 saturated heterocycles. The molecule has 5 heteroatoms. The Bertz CT molecular complexity index is 512. The molecule has 1 saturated carbocycles. The van der Waals surface area contributed by atoms with Gasteiger partial charge in [-0.2, -0.15) is 0 Å². The summed E-state index contributed by atoms with van der Waals surface area (Å²) in [6, 6.07) is 8.33. The highest BCUT2D eigenvalue weighted by molar-refractivity contribution is 9.10. The van der Waals surface area contributed by atoms with E-state index in [4.69, 9.17) is 15.2 Å². The second kappa shape index (κ2) is 5.47. The summed E-state index contributed by atoms with van der Waals surface area (Å²) in [4.78, 5) is 11.2. The molecule has 0 aromatic heterocycles. The van der Waals surface area contributed by atoms with Crippen LogP contribution in [0.2, 0.25) is 0 Å². The number of halogens is 1. The summed E-state index contributed by atoms with van der Waals surface area (Å²) in [5, 5.41) is 0. The lowest BCUT2D eigenvalue weighted by atomic mass is 9.81. The molecule has 2 N–H and O–H groups in total. The van der Waals surface area contributed by atoms with E-state index in [0.717, 1.165) is 30.2 Å². The van der Waals surface area contributed by atoms with Crippen LogP contribution in [-0.2, 0) is 14.3 Å². The minimum absolute atomic E-state index is 0.279. The predicted octanol–water partition coefficient (Wildman–Crippen LogP) is 2.54. The monoisotopic (exact) mass is 338 g/mol. The second-order valence-electron chi connectivity index (χ2n) is 5.34. The number of carbonyl (C=O) groups excluding carboxylic acids is 1. The van der Waals surface area contributed by atoms with Crippen molar-refractivity contribution >= 4 is 21.8 Å². The second-order valence-corrected chi connectivity index (χ2v) is 6.26. The summed E-state index contributed by atoms with van der Waals surface area (Å²) in [5.74, 6) is 0.366. The van der Waals surface area contributed by atoms with Gasteiger partial charge in [-0.15, -0.1) is 0 Å². The van der Waals surface area contributed by atoms with Gasteiger partial charge in [-0.3, -0.25) is 4.79 Å². The average molecular weight is 339 g/mol. The number of ether oxygens (including phenoxy) is 2. The van der Waals surface area contributed by atoms with Gasteiger partial charge in [0.1, 0.15) is 0 Å². The zero-order chi connectivity index (χ0) is 14.2. The van der Waals surface area contributed by atoms with E-state index in [9.17, 15) is 4.79 Å². The van der Waals surface area contributed by atoms with Crippen molar-refractivity contribution in [3.05, 3.63) is 40.2 Å². The molecule has 1 amide bonds. The van der Waals surface area contributed by atoms with Gasteiger partial charge in [-0.25, -0.2) is 0 Å². The van der Waals surface area contributed by atoms with E-state index in [-0.39, 0.29) is 6.61 Å². The van der Waals surface area contributed by atoms with Crippen LogP contribution in [0.1, 0.15) is 31.2 Å². The lowest BCUT2D eigenvalue weighted by molar-refractivity contribution is -0.186. The molecule has 2 aliphatic rings. The Kier molecular flexibility index (Phi) is 3.84. The van der Waals surface area contributed by atoms with Crippen LogP contribution in [-0.4, -0.2) is 24.4 Å². The van der Waals surface area contributed by atoms with Gasteiger partial charge in [0.25, 0.3) is 0 Å². The van der Waals surface area contributed by atoms with Crippen LogP contribution in [0.15, 0.2) is 28.7 Å². The first-order chi connectivity index (χ1) is 9.58. The van der Waals surface area contributed by atoms with Gasteiger partial charge in [0, 0.05) is 23.2 Å². The van der Waals surface area contributed by atoms with E-state index < -0.39 is 17.8 Å². The van der Waals surface area contributed by atoms with Crippen molar-refractivity contribution in [3.63, 3.8) is 0 Å². The molecule has 20 heavy (non-hydrogen) atoms. The van der Waals surface area contributed by atoms with Crippen molar-refractivity contribution in [2.24, 2.45) is 5.73 Å². The lowest BCUT2D eigenvalue weighted by Gasteiger charge is -2.35. The summed E-state index contributed by atoms with van der Waals surface area (Å²) < 4.78 is 12.5. The van der Waals surface area contributed by atoms with Gasteiger partial charge in [0.05, 0.1) is 6.61 Å². The smallest absolute Gasteiger partial charge is 0.249 e. The maximum absolute atomic E-state index is 11.2. The van der Waals surface area contributed by atoms with Crippen molar-refractivity contribution in [1.29, 1.82) is 0 Å². The van der Waals surface area contributed by atoms with Crippen molar-refractivity contribution < 1.29 is 14.3 Å². The zero-order valence-corrected chi connectivity index (χ0v) is 12.7. The third-order valence-corrected chi connectivity index (χ3v) is 4.51. The van der Waals surface area contributed by atoms with E-state index >= 15 is 0 Å². The first-order valence-electron chi connectivity index (χ1n) is 6.80. The number of hydrogen-bond donors (Lipinski definition) is 1. The third kappa shape index (κ3) is 2.75. The molecule has 107 valence electrons. The van der Waals surface area contributed by atoms with Crippen molar-refractivity contribution in [3.8, 4) is 0 Å². The molecular formula is C15H17BrNO3. The number of benzene rings is 1. The van der Waals surface area contributed by atoms with Crippen LogP contribution < -0.4 is 5.73 Å². The highest BCUT2D eigenvalue weighted by Gasteiger charge is 2.46.